The lowest BCUT2D eigenvalue weighted by Crippen LogP contribution is -2.49. The van der Waals surface area contributed by atoms with Gasteiger partial charge in [0.05, 0.1) is 40.6 Å². The summed E-state index contributed by atoms with van der Waals surface area (Å²) in [7, 11) is 0. The van der Waals surface area contributed by atoms with Gasteiger partial charge < -0.3 is 26.0 Å². The smallest absolute Gasteiger partial charge is 0.407 e. The summed E-state index contributed by atoms with van der Waals surface area (Å²) in [4.78, 5) is 34.9. The molecule has 2 atom stereocenters. The Hall–Kier alpha value is -4.28. The first kappa shape index (κ1) is 21.6. The summed E-state index contributed by atoms with van der Waals surface area (Å²) in [5, 5.41) is 5.54. The Balaban J connectivity index is 1.41. The number of rotatable bonds is 4. The number of alkyl carbamates (subject to hydrolysis) is 1. The van der Waals surface area contributed by atoms with Crippen LogP contribution in [0.4, 0.5) is 30.6 Å². The highest BCUT2D eigenvalue weighted by Gasteiger charge is 2.39. The fourth-order valence-corrected chi connectivity index (χ4v) is 4.23. The standard InChI is InChI=1S/C23H20F2N6O3/c24-12-2-1-3-13(25)20(12)15-5-4-14(26)21(28-15)22(32)29-16-10-27-8-6-18(16)31-9-7-19-17(11-31)30-23(33)34-19/h1-6,8,10,17,19H,7,9,11,26H2,(H,29,32)(H,30,33). The fraction of sp³-hybridized carbons (Fsp3) is 0.217. The molecule has 0 saturated carbocycles. The third-order valence-electron chi connectivity index (χ3n) is 5.86. The number of anilines is 3. The number of nitrogen functional groups attached to an aromatic ring is 1. The van der Waals surface area contributed by atoms with Crippen LogP contribution in [0.1, 0.15) is 16.9 Å². The van der Waals surface area contributed by atoms with Gasteiger partial charge >= 0.3 is 6.09 Å². The zero-order valence-electron chi connectivity index (χ0n) is 17.8. The molecule has 0 radical (unpaired) electrons. The molecule has 0 bridgehead atoms. The van der Waals surface area contributed by atoms with Gasteiger partial charge in [-0.2, -0.15) is 0 Å². The lowest BCUT2D eigenvalue weighted by molar-refractivity contribution is 0.102. The number of fused-ring (bicyclic) bond motifs is 1. The predicted octanol–water partition coefficient (Wildman–Crippen LogP) is 2.94. The van der Waals surface area contributed by atoms with Crippen molar-refractivity contribution in [3.05, 3.63) is 66.1 Å². The summed E-state index contributed by atoms with van der Waals surface area (Å²) in [5.41, 5.74) is 6.53. The first-order chi connectivity index (χ1) is 16.4. The highest BCUT2D eigenvalue weighted by atomic mass is 19.1. The maximum Gasteiger partial charge on any atom is 0.407 e. The van der Waals surface area contributed by atoms with Gasteiger partial charge in [-0.25, -0.2) is 18.6 Å². The number of piperidine rings is 1. The van der Waals surface area contributed by atoms with E-state index < -0.39 is 23.6 Å². The molecule has 174 valence electrons. The van der Waals surface area contributed by atoms with Crippen LogP contribution in [-0.4, -0.2) is 47.2 Å². The van der Waals surface area contributed by atoms with Crippen LogP contribution < -0.4 is 21.3 Å². The molecule has 2 aliphatic heterocycles. The van der Waals surface area contributed by atoms with E-state index in [0.717, 1.165) is 12.1 Å². The maximum absolute atomic E-state index is 14.2. The second-order valence-electron chi connectivity index (χ2n) is 8.01. The lowest BCUT2D eigenvalue weighted by atomic mass is 10.0. The number of halogens is 2. The van der Waals surface area contributed by atoms with Crippen LogP contribution in [0.5, 0.6) is 0 Å². The molecule has 4 heterocycles. The number of hydrogen-bond donors (Lipinski definition) is 3. The van der Waals surface area contributed by atoms with Crippen LogP contribution in [-0.2, 0) is 4.74 Å². The van der Waals surface area contributed by atoms with Crippen molar-refractivity contribution in [3.8, 4) is 11.3 Å². The van der Waals surface area contributed by atoms with E-state index in [-0.39, 0.29) is 34.8 Å². The topological polar surface area (TPSA) is 122 Å². The van der Waals surface area contributed by atoms with Crippen LogP contribution in [0.25, 0.3) is 11.3 Å². The zero-order chi connectivity index (χ0) is 23.8. The largest absolute Gasteiger partial charge is 0.444 e. The van der Waals surface area contributed by atoms with Crippen molar-refractivity contribution in [1.29, 1.82) is 0 Å². The van der Waals surface area contributed by atoms with Crippen molar-refractivity contribution in [2.24, 2.45) is 0 Å². The average molecular weight is 466 g/mol. The number of nitrogens with zero attached hydrogens (tertiary/aromatic N) is 3. The van der Waals surface area contributed by atoms with E-state index in [2.05, 4.69) is 20.6 Å². The molecule has 0 aliphatic carbocycles. The number of amides is 2. The monoisotopic (exact) mass is 466 g/mol. The van der Waals surface area contributed by atoms with E-state index in [0.29, 0.717) is 30.9 Å². The Morgan fingerprint density at radius 1 is 1.21 bits per heavy atom. The zero-order valence-corrected chi connectivity index (χ0v) is 17.8. The Kier molecular flexibility index (Phi) is 5.44. The van der Waals surface area contributed by atoms with E-state index in [9.17, 15) is 18.4 Å². The Morgan fingerprint density at radius 3 is 2.79 bits per heavy atom. The number of carbonyl (C=O) groups excluding carboxylic acids is 2. The molecule has 2 aliphatic rings. The van der Waals surface area contributed by atoms with Gasteiger partial charge in [-0.3, -0.25) is 9.78 Å². The van der Waals surface area contributed by atoms with Crippen molar-refractivity contribution < 1.29 is 23.1 Å². The predicted molar refractivity (Wildman–Crippen MR) is 120 cm³/mol. The summed E-state index contributed by atoms with van der Waals surface area (Å²) in [6.07, 6.45) is 3.08. The summed E-state index contributed by atoms with van der Waals surface area (Å²) in [6.45, 7) is 1.09. The van der Waals surface area contributed by atoms with Crippen molar-refractivity contribution in [2.75, 3.05) is 29.0 Å². The van der Waals surface area contributed by atoms with Gasteiger partial charge in [0.15, 0.2) is 5.69 Å². The van der Waals surface area contributed by atoms with Gasteiger partial charge in [0.25, 0.3) is 5.91 Å². The molecule has 2 aromatic heterocycles. The number of aromatic nitrogens is 2. The second-order valence-corrected chi connectivity index (χ2v) is 8.01. The molecule has 0 spiro atoms. The number of pyridine rings is 2. The first-order valence-electron chi connectivity index (χ1n) is 10.6. The molecule has 34 heavy (non-hydrogen) atoms. The molecule has 9 nitrogen and oxygen atoms in total. The number of benzene rings is 1. The summed E-state index contributed by atoms with van der Waals surface area (Å²) >= 11 is 0. The van der Waals surface area contributed by atoms with Crippen molar-refractivity contribution in [1.82, 2.24) is 15.3 Å². The minimum absolute atomic E-state index is 0.0510. The third kappa shape index (κ3) is 3.96. The van der Waals surface area contributed by atoms with Gasteiger partial charge in [-0.1, -0.05) is 6.07 Å². The van der Waals surface area contributed by atoms with Crippen LogP contribution in [0.15, 0.2) is 48.8 Å². The lowest BCUT2D eigenvalue weighted by Gasteiger charge is -2.35. The molecule has 2 fully saturated rings. The van der Waals surface area contributed by atoms with Gasteiger partial charge in [0.1, 0.15) is 17.7 Å². The minimum Gasteiger partial charge on any atom is -0.444 e. The fourth-order valence-electron chi connectivity index (χ4n) is 4.23. The highest BCUT2D eigenvalue weighted by molar-refractivity contribution is 6.08. The van der Waals surface area contributed by atoms with Crippen LogP contribution in [0.3, 0.4) is 0 Å². The minimum atomic E-state index is -0.801. The molecule has 5 rings (SSSR count). The van der Waals surface area contributed by atoms with Crippen molar-refractivity contribution >= 4 is 29.1 Å². The van der Waals surface area contributed by atoms with Gasteiger partial charge in [-0.05, 0) is 30.3 Å². The average Bonchev–Trinajstić information content (AvgIpc) is 3.19. The molecule has 2 saturated heterocycles. The van der Waals surface area contributed by atoms with Gasteiger partial charge in [-0.15, -0.1) is 0 Å². The quantitative estimate of drug-likeness (QED) is 0.540. The van der Waals surface area contributed by atoms with E-state index in [1.165, 1.54) is 24.4 Å². The molecule has 4 N–H and O–H groups in total. The number of nitrogens with one attached hydrogen (secondary N) is 2. The molecular weight excluding hydrogens is 446 g/mol. The second kappa shape index (κ2) is 8.58. The summed E-state index contributed by atoms with van der Waals surface area (Å²) in [5.74, 6) is -2.26. The van der Waals surface area contributed by atoms with E-state index >= 15 is 0 Å². The SMILES string of the molecule is Nc1ccc(-c2c(F)cccc2F)nc1C(=O)Nc1cnccc1N1CCC2OC(=O)NC2C1. The van der Waals surface area contributed by atoms with Crippen LogP contribution in [0, 0.1) is 11.6 Å². The number of nitrogens with two attached hydrogens (primary N) is 1. The van der Waals surface area contributed by atoms with E-state index in [1.54, 1.807) is 12.3 Å². The molecule has 2 amide bonds. The highest BCUT2D eigenvalue weighted by Crippen LogP contribution is 2.31. The van der Waals surface area contributed by atoms with E-state index in [1.807, 2.05) is 4.90 Å². The molecule has 2 unspecified atom stereocenters. The Bertz CT molecular complexity index is 1270. The van der Waals surface area contributed by atoms with Gasteiger partial charge in [0.2, 0.25) is 0 Å². The van der Waals surface area contributed by atoms with Crippen LogP contribution >= 0.6 is 0 Å². The molecule has 1 aromatic carbocycles. The number of ether oxygens (including phenoxy) is 1. The van der Waals surface area contributed by atoms with Crippen molar-refractivity contribution in [3.63, 3.8) is 0 Å². The Labute approximate surface area is 192 Å². The van der Waals surface area contributed by atoms with Gasteiger partial charge in [0, 0.05) is 25.7 Å². The Morgan fingerprint density at radius 2 is 2.00 bits per heavy atom. The third-order valence-corrected chi connectivity index (χ3v) is 5.86. The summed E-state index contributed by atoms with van der Waals surface area (Å²) in [6, 6.07) is 7.77. The molecular formula is C23H20F2N6O3. The first-order valence-corrected chi connectivity index (χ1v) is 10.6. The maximum atomic E-state index is 14.2. The number of carbonyl (C=O) groups is 2. The van der Waals surface area contributed by atoms with Crippen molar-refractivity contribution in [2.45, 2.75) is 18.6 Å². The van der Waals surface area contributed by atoms with E-state index in [4.69, 9.17) is 10.5 Å². The molecule has 11 heteroatoms. The normalized spacial score (nSPS) is 19.2. The van der Waals surface area contributed by atoms with Crippen LogP contribution in [0.2, 0.25) is 0 Å². The summed E-state index contributed by atoms with van der Waals surface area (Å²) < 4.78 is 33.7. The molecule has 3 aromatic rings. The number of hydrogen-bond acceptors (Lipinski definition) is 7.